The molecule has 1 heterocycles. The van der Waals surface area contributed by atoms with E-state index in [1.165, 1.54) is 36.6 Å². The number of para-hydroxylation sites is 1. The lowest BCUT2D eigenvalue weighted by atomic mass is 9.47. The number of thioether (sulfide) groups is 1. The molecule has 1 aliphatic heterocycles. The van der Waals surface area contributed by atoms with Crippen LogP contribution in [0.15, 0.2) is 93.4 Å². The summed E-state index contributed by atoms with van der Waals surface area (Å²) in [5, 5.41) is 27.9. The summed E-state index contributed by atoms with van der Waals surface area (Å²) in [4.78, 5) is 15.7. The number of nitrogens with zero attached hydrogens (tertiary/aromatic N) is 3. The van der Waals surface area contributed by atoms with Crippen molar-refractivity contribution in [1.29, 1.82) is 5.26 Å². The van der Waals surface area contributed by atoms with Gasteiger partial charge in [-0.2, -0.15) is 10.4 Å². The Morgan fingerprint density at radius 1 is 1.02 bits per heavy atom. The summed E-state index contributed by atoms with van der Waals surface area (Å²) >= 11 is 1.39. The molecule has 7 heteroatoms. The topological polar surface area (TPSA) is 88.7 Å². The van der Waals surface area contributed by atoms with E-state index in [1.54, 1.807) is 0 Å². The van der Waals surface area contributed by atoms with Crippen molar-refractivity contribution in [1.82, 2.24) is 5.43 Å². The van der Waals surface area contributed by atoms with Crippen LogP contribution in [-0.4, -0.2) is 22.8 Å². The van der Waals surface area contributed by atoms with Crippen molar-refractivity contribution in [3.63, 3.8) is 0 Å². The van der Waals surface area contributed by atoms with Gasteiger partial charge in [0.2, 0.25) is 0 Å². The molecule has 0 bridgehead atoms. The van der Waals surface area contributed by atoms with E-state index in [9.17, 15) is 15.2 Å². The molecule has 2 aromatic carbocycles. The molecule has 6 nitrogen and oxygen atoms in total. The monoisotopic (exact) mass is 632 g/mol. The Balaban J connectivity index is 1.11. The molecule has 2 N–H and O–H groups in total. The van der Waals surface area contributed by atoms with Crippen molar-refractivity contribution in [3.8, 4) is 6.07 Å². The third kappa shape index (κ3) is 5.15. The quantitative estimate of drug-likeness (QED) is 0.114. The largest absolute Gasteiger partial charge is 0.393 e. The van der Waals surface area contributed by atoms with Gasteiger partial charge >= 0.3 is 0 Å². The maximum absolute atomic E-state index is 13.7. The van der Waals surface area contributed by atoms with Gasteiger partial charge in [0, 0.05) is 22.7 Å². The number of aliphatic hydroxyl groups is 1. The fraction of sp³-hybridized carbons (Fsp3) is 0.462. The average Bonchev–Trinajstić information content (AvgIpc) is 3.67. The van der Waals surface area contributed by atoms with Gasteiger partial charge in [-0.1, -0.05) is 85.8 Å². The number of carbonyl (C=O) groups is 1. The molecule has 2 aromatic rings. The van der Waals surface area contributed by atoms with Crippen molar-refractivity contribution in [2.75, 3.05) is 4.90 Å². The number of rotatable bonds is 5. The standard InChI is InChI=1S/C39H44N4O2S/c1-25(32-16-17-33-30-15-14-27-22-29(44)18-20-38(27,2)34(30)19-21-39(32,33)3)41-42-36(45)31(23-40)37-43(28-12-8-5-9-13-28)35(24-46-37)26-10-6-4-7-11-26/h4-14,24,29-30,32-34,44H,15-22H2,1-3H3,(H,42,45)/b37-31+,41-25+/t29-,30-,32+,33-,34-,38-,39+/m0/s1. The van der Waals surface area contributed by atoms with Crippen LogP contribution < -0.4 is 10.3 Å². The number of hydrogen-bond donors (Lipinski definition) is 2. The Morgan fingerprint density at radius 2 is 1.76 bits per heavy atom. The molecule has 0 spiro atoms. The van der Waals surface area contributed by atoms with Crippen LogP contribution in [0.1, 0.15) is 77.7 Å². The SMILES string of the molecule is C/C(=N\NC(=O)/C(C#N)=C1/SC=C(c2ccccc2)N1c1ccccc1)[C@H]1CC[C@H]2[C@@H]3CC=C4C[C@@H](O)CC[C@]4(C)[C@H]3CC[C@]12C. The Morgan fingerprint density at radius 3 is 2.50 bits per heavy atom. The summed E-state index contributed by atoms with van der Waals surface area (Å²) in [5.74, 6) is 1.81. The number of benzene rings is 2. The second-order valence-corrected chi connectivity index (χ2v) is 15.3. The van der Waals surface area contributed by atoms with E-state index in [1.807, 2.05) is 71.0 Å². The first-order valence-electron chi connectivity index (χ1n) is 16.9. The molecule has 0 saturated heterocycles. The highest BCUT2D eigenvalue weighted by Gasteiger charge is 2.59. The Labute approximate surface area is 277 Å². The van der Waals surface area contributed by atoms with Crippen LogP contribution in [0.25, 0.3) is 5.70 Å². The van der Waals surface area contributed by atoms with Crippen LogP contribution in [0.3, 0.4) is 0 Å². The Hall–Kier alpha value is -3.60. The van der Waals surface area contributed by atoms with E-state index in [0.717, 1.165) is 54.8 Å². The second-order valence-electron chi connectivity index (χ2n) is 14.5. The van der Waals surface area contributed by atoms with Crippen LogP contribution in [0.5, 0.6) is 0 Å². The highest BCUT2D eigenvalue weighted by atomic mass is 32.2. The number of nitrogens with one attached hydrogen (secondary N) is 1. The lowest BCUT2D eigenvalue weighted by Crippen LogP contribution is -2.51. The third-order valence-electron chi connectivity index (χ3n) is 12.3. The predicted octanol–water partition coefficient (Wildman–Crippen LogP) is 8.41. The summed E-state index contributed by atoms with van der Waals surface area (Å²) in [7, 11) is 0. The average molecular weight is 633 g/mol. The van der Waals surface area contributed by atoms with Gasteiger partial charge < -0.3 is 10.0 Å². The minimum atomic E-state index is -0.478. The number of nitriles is 1. The molecule has 5 aliphatic rings. The van der Waals surface area contributed by atoms with Crippen LogP contribution in [0.2, 0.25) is 0 Å². The zero-order valence-corrected chi connectivity index (χ0v) is 27.9. The van der Waals surface area contributed by atoms with Gasteiger partial charge in [-0.3, -0.25) is 4.79 Å². The normalized spacial score (nSPS) is 34.8. The molecular weight excluding hydrogens is 589 g/mol. The smallest absolute Gasteiger partial charge is 0.284 e. The molecule has 0 radical (unpaired) electrons. The number of fused-ring (bicyclic) bond motifs is 5. The number of anilines is 1. The molecule has 3 saturated carbocycles. The first-order valence-corrected chi connectivity index (χ1v) is 17.8. The molecule has 0 unspecified atom stereocenters. The molecule has 1 amide bonds. The van der Waals surface area contributed by atoms with E-state index in [-0.39, 0.29) is 22.5 Å². The summed E-state index contributed by atoms with van der Waals surface area (Å²) in [6, 6.07) is 22.1. The number of hydrogen-bond acceptors (Lipinski definition) is 6. The zero-order valence-electron chi connectivity index (χ0n) is 27.1. The Bertz CT molecular complexity index is 1670. The van der Waals surface area contributed by atoms with Crippen molar-refractivity contribution in [2.45, 2.75) is 78.2 Å². The summed E-state index contributed by atoms with van der Waals surface area (Å²) in [6.07, 6.45) is 10.9. The minimum absolute atomic E-state index is 0.0549. The van der Waals surface area contributed by atoms with E-state index in [0.29, 0.717) is 28.7 Å². The maximum atomic E-state index is 13.7. The molecule has 4 aliphatic carbocycles. The van der Waals surface area contributed by atoms with Gasteiger partial charge in [-0.15, -0.1) is 0 Å². The summed E-state index contributed by atoms with van der Waals surface area (Å²) < 4.78 is 0. The van der Waals surface area contributed by atoms with Crippen LogP contribution in [0.4, 0.5) is 5.69 Å². The highest BCUT2D eigenvalue weighted by Crippen LogP contribution is 2.66. The van der Waals surface area contributed by atoms with Gasteiger partial charge in [0.25, 0.3) is 5.91 Å². The molecule has 7 atom stereocenters. The first kappa shape index (κ1) is 31.0. The van der Waals surface area contributed by atoms with Crippen molar-refractivity contribution >= 4 is 34.8 Å². The second kappa shape index (κ2) is 12.2. The number of aliphatic hydroxyl groups excluding tert-OH is 1. The molecular formula is C39H44N4O2S. The van der Waals surface area contributed by atoms with E-state index in [2.05, 4.69) is 38.3 Å². The van der Waals surface area contributed by atoms with E-state index >= 15 is 0 Å². The third-order valence-corrected chi connectivity index (χ3v) is 13.2. The highest BCUT2D eigenvalue weighted by molar-refractivity contribution is 8.06. The Kier molecular flexibility index (Phi) is 8.23. The van der Waals surface area contributed by atoms with Crippen molar-refractivity contribution in [3.05, 3.63) is 93.9 Å². The molecule has 238 valence electrons. The van der Waals surface area contributed by atoms with Crippen molar-refractivity contribution in [2.24, 2.45) is 39.6 Å². The fourth-order valence-corrected chi connectivity index (χ4v) is 11.0. The van der Waals surface area contributed by atoms with Gasteiger partial charge in [0.05, 0.1) is 11.8 Å². The van der Waals surface area contributed by atoms with E-state index < -0.39 is 5.91 Å². The van der Waals surface area contributed by atoms with Gasteiger partial charge in [-0.05, 0) is 105 Å². The number of allylic oxidation sites excluding steroid dienone is 1. The van der Waals surface area contributed by atoms with Crippen LogP contribution in [-0.2, 0) is 4.79 Å². The molecule has 0 aromatic heterocycles. The zero-order chi connectivity index (χ0) is 32.1. The number of carbonyl (C=O) groups excluding carboxylic acids is 1. The predicted molar refractivity (Wildman–Crippen MR) is 186 cm³/mol. The first-order chi connectivity index (χ1) is 22.2. The minimum Gasteiger partial charge on any atom is -0.393 e. The van der Waals surface area contributed by atoms with Crippen molar-refractivity contribution < 1.29 is 9.90 Å². The number of amides is 1. The molecule has 46 heavy (non-hydrogen) atoms. The number of hydrazone groups is 1. The lowest BCUT2D eigenvalue weighted by Gasteiger charge is -2.58. The summed E-state index contributed by atoms with van der Waals surface area (Å²) in [6.45, 7) is 6.99. The fourth-order valence-electron chi connectivity index (χ4n) is 9.93. The van der Waals surface area contributed by atoms with E-state index in [4.69, 9.17) is 5.10 Å². The van der Waals surface area contributed by atoms with Crippen LogP contribution >= 0.6 is 11.8 Å². The van der Waals surface area contributed by atoms with Crippen LogP contribution in [0, 0.1) is 45.8 Å². The lowest BCUT2D eigenvalue weighted by molar-refractivity contribution is -0.117. The van der Waals surface area contributed by atoms with Gasteiger partial charge in [0.15, 0.2) is 0 Å². The van der Waals surface area contributed by atoms with Gasteiger partial charge in [-0.25, -0.2) is 5.43 Å². The van der Waals surface area contributed by atoms with Gasteiger partial charge in [0.1, 0.15) is 16.7 Å². The maximum Gasteiger partial charge on any atom is 0.284 e. The molecule has 3 fully saturated rings. The summed E-state index contributed by atoms with van der Waals surface area (Å²) in [5.41, 5.74) is 8.52. The molecule has 7 rings (SSSR count).